The molecule has 0 amide bonds. The first-order chi connectivity index (χ1) is 10.0. The molecule has 0 radical (unpaired) electrons. The van der Waals surface area contributed by atoms with Crippen LogP contribution in [0.15, 0.2) is 24.3 Å². The third kappa shape index (κ3) is 4.68. The molecule has 1 heterocycles. The van der Waals surface area contributed by atoms with Gasteiger partial charge in [0.25, 0.3) is 0 Å². The molecule has 21 heavy (non-hydrogen) atoms. The van der Waals surface area contributed by atoms with Crippen molar-refractivity contribution in [1.29, 1.82) is 0 Å². The maximum atomic E-state index is 12.6. The lowest BCUT2D eigenvalue weighted by Crippen LogP contribution is -2.41. The molecule has 4 nitrogen and oxygen atoms in total. The summed E-state index contributed by atoms with van der Waals surface area (Å²) in [6.07, 6.45) is 1.91. The van der Waals surface area contributed by atoms with Crippen molar-refractivity contribution in [3.63, 3.8) is 0 Å². The van der Waals surface area contributed by atoms with Crippen molar-refractivity contribution in [3.8, 4) is 0 Å². The molecule has 0 aromatic heterocycles. The molecule has 1 aliphatic heterocycles. The van der Waals surface area contributed by atoms with Crippen molar-refractivity contribution in [2.24, 2.45) is 5.92 Å². The van der Waals surface area contributed by atoms with Gasteiger partial charge in [-0.05, 0) is 37.3 Å². The minimum atomic E-state index is -3.32. The van der Waals surface area contributed by atoms with Gasteiger partial charge in [-0.3, -0.25) is 0 Å². The third-order valence-electron chi connectivity index (χ3n) is 3.73. The molecule has 2 rings (SSSR count). The van der Waals surface area contributed by atoms with Gasteiger partial charge in [0.15, 0.2) is 0 Å². The van der Waals surface area contributed by atoms with E-state index in [0.29, 0.717) is 42.8 Å². The largest absolute Gasteiger partial charge is 0.381 e. The van der Waals surface area contributed by atoms with Crippen molar-refractivity contribution in [2.45, 2.75) is 25.5 Å². The zero-order valence-electron chi connectivity index (χ0n) is 12.3. The SMILES string of the molecule is CCOCC1CCCN(S(=O)(=O)Cc2ccccc2Cl)C1. The van der Waals surface area contributed by atoms with E-state index in [1.807, 2.05) is 13.0 Å². The molecule has 0 spiro atoms. The highest BCUT2D eigenvalue weighted by molar-refractivity contribution is 7.88. The van der Waals surface area contributed by atoms with Crippen LogP contribution in [0.25, 0.3) is 0 Å². The summed E-state index contributed by atoms with van der Waals surface area (Å²) in [6.45, 7) is 4.40. The standard InChI is InChI=1S/C15H22ClNO3S/c1-2-20-11-13-6-5-9-17(10-13)21(18,19)12-14-7-3-4-8-15(14)16/h3-4,7-8,13H,2,5-6,9-12H2,1H3. The maximum absolute atomic E-state index is 12.6. The summed E-state index contributed by atoms with van der Waals surface area (Å²) >= 11 is 6.06. The Morgan fingerprint density at radius 3 is 2.86 bits per heavy atom. The highest BCUT2D eigenvalue weighted by Gasteiger charge is 2.29. The van der Waals surface area contributed by atoms with Crippen LogP contribution in [0.1, 0.15) is 25.3 Å². The number of rotatable bonds is 6. The monoisotopic (exact) mass is 331 g/mol. The number of piperidine rings is 1. The lowest BCUT2D eigenvalue weighted by atomic mass is 10.0. The van der Waals surface area contributed by atoms with Gasteiger partial charge in [-0.2, -0.15) is 0 Å². The highest BCUT2D eigenvalue weighted by Crippen LogP contribution is 2.24. The van der Waals surface area contributed by atoms with E-state index in [1.165, 1.54) is 0 Å². The Kier molecular flexibility index (Phi) is 6.05. The van der Waals surface area contributed by atoms with Gasteiger partial charge in [0, 0.05) is 24.7 Å². The van der Waals surface area contributed by atoms with Crippen LogP contribution in [-0.2, 0) is 20.5 Å². The van der Waals surface area contributed by atoms with Gasteiger partial charge in [0.05, 0.1) is 12.4 Å². The predicted molar refractivity (Wildman–Crippen MR) is 84.9 cm³/mol. The second kappa shape index (κ2) is 7.58. The molecule has 0 aliphatic carbocycles. The number of nitrogens with zero attached hydrogens (tertiary/aromatic N) is 1. The highest BCUT2D eigenvalue weighted by atomic mass is 35.5. The van der Waals surface area contributed by atoms with E-state index >= 15 is 0 Å². The Morgan fingerprint density at radius 1 is 1.38 bits per heavy atom. The van der Waals surface area contributed by atoms with Crippen LogP contribution in [0.2, 0.25) is 5.02 Å². The molecular weight excluding hydrogens is 310 g/mol. The average Bonchev–Trinajstić information content (AvgIpc) is 2.48. The first kappa shape index (κ1) is 16.7. The van der Waals surface area contributed by atoms with Gasteiger partial charge in [0.2, 0.25) is 10.0 Å². The Balaban J connectivity index is 2.03. The lowest BCUT2D eigenvalue weighted by molar-refractivity contribution is 0.0864. The first-order valence-corrected chi connectivity index (χ1v) is 9.30. The fraction of sp³-hybridized carbons (Fsp3) is 0.600. The molecule has 1 aliphatic rings. The van der Waals surface area contributed by atoms with Gasteiger partial charge < -0.3 is 4.74 Å². The molecule has 1 saturated heterocycles. The summed E-state index contributed by atoms with van der Waals surface area (Å²) in [5.41, 5.74) is 0.658. The summed E-state index contributed by atoms with van der Waals surface area (Å²) in [7, 11) is -3.32. The number of benzene rings is 1. The second-order valence-corrected chi connectivity index (χ2v) is 7.75. The Bertz CT molecular complexity index is 562. The average molecular weight is 332 g/mol. The quantitative estimate of drug-likeness (QED) is 0.805. The normalized spacial score (nSPS) is 20.6. The number of hydrogen-bond acceptors (Lipinski definition) is 3. The maximum Gasteiger partial charge on any atom is 0.218 e. The molecule has 1 atom stereocenters. The van der Waals surface area contributed by atoms with Gasteiger partial charge in [-0.1, -0.05) is 29.8 Å². The van der Waals surface area contributed by atoms with Gasteiger partial charge in [-0.15, -0.1) is 0 Å². The van der Waals surface area contributed by atoms with E-state index in [0.717, 1.165) is 12.8 Å². The molecule has 1 aromatic rings. The lowest BCUT2D eigenvalue weighted by Gasteiger charge is -2.31. The van der Waals surface area contributed by atoms with E-state index in [-0.39, 0.29) is 5.75 Å². The minimum absolute atomic E-state index is 0.0337. The van der Waals surface area contributed by atoms with E-state index < -0.39 is 10.0 Å². The fourth-order valence-electron chi connectivity index (χ4n) is 2.60. The second-order valence-electron chi connectivity index (χ2n) is 5.37. The van der Waals surface area contributed by atoms with E-state index in [9.17, 15) is 8.42 Å². The molecule has 1 unspecified atom stereocenters. The number of halogens is 1. The molecule has 0 N–H and O–H groups in total. The summed E-state index contributed by atoms with van der Waals surface area (Å²) in [6, 6.07) is 7.10. The van der Waals surface area contributed by atoms with Crippen LogP contribution in [-0.4, -0.2) is 39.0 Å². The molecule has 0 saturated carbocycles. The third-order valence-corrected chi connectivity index (χ3v) is 5.89. The Morgan fingerprint density at radius 2 is 2.14 bits per heavy atom. The predicted octanol–water partition coefficient (Wildman–Crippen LogP) is 2.92. The zero-order chi connectivity index (χ0) is 15.3. The number of sulfonamides is 1. The van der Waals surface area contributed by atoms with E-state index in [4.69, 9.17) is 16.3 Å². The van der Waals surface area contributed by atoms with Crippen LogP contribution in [0.5, 0.6) is 0 Å². The first-order valence-electron chi connectivity index (χ1n) is 7.32. The Hall–Kier alpha value is -0.620. The summed E-state index contributed by atoms with van der Waals surface area (Å²) in [4.78, 5) is 0. The van der Waals surface area contributed by atoms with Crippen LogP contribution in [0.3, 0.4) is 0 Å². The molecule has 6 heteroatoms. The zero-order valence-corrected chi connectivity index (χ0v) is 13.9. The fourth-order valence-corrected chi connectivity index (χ4v) is 4.56. The molecular formula is C15H22ClNO3S. The Labute approximate surface area is 132 Å². The van der Waals surface area contributed by atoms with Crippen LogP contribution < -0.4 is 0 Å². The van der Waals surface area contributed by atoms with E-state index in [1.54, 1.807) is 22.5 Å². The molecule has 1 aromatic carbocycles. The summed E-state index contributed by atoms with van der Waals surface area (Å²) in [5.74, 6) is 0.258. The van der Waals surface area contributed by atoms with E-state index in [2.05, 4.69) is 0 Å². The summed E-state index contributed by atoms with van der Waals surface area (Å²) in [5, 5.41) is 0.504. The molecule has 1 fully saturated rings. The van der Waals surface area contributed by atoms with Crippen molar-refractivity contribution in [3.05, 3.63) is 34.9 Å². The van der Waals surface area contributed by atoms with Crippen molar-refractivity contribution in [2.75, 3.05) is 26.3 Å². The van der Waals surface area contributed by atoms with Gasteiger partial charge >= 0.3 is 0 Å². The van der Waals surface area contributed by atoms with Crippen LogP contribution in [0, 0.1) is 5.92 Å². The van der Waals surface area contributed by atoms with Crippen molar-refractivity contribution < 1.29 is 13.2 Å². The minimum Gasteiger partial charge on any atom is -0.381 e. The molecule has 0 bridgehead atoms. The number of ether oxygens (including phenoxy) is 1. The van der Waals surface area contributed by atoms with Crippen molar-refractivity contribution in [1.82, 2.24) is 4.31 Å². The summed E-state index contributed by atoms with van der Waals surface area (Å²) < 4.78 is 32.1. The van der Waals surface area contributed by atoms with Gasteiger partial charge in [-0.25, -0.2) is 12.7 Å². The van der Waals surface area contributed by atoms with Gasteiger partial charge in [0.1, 0.15) is 0 Å². The van der Waals surface area contributed by atoms with Crippen molar-refractivity contribution >= 4 is 21.6 Å². The number of hydrogen-bond donors (Lipinski definition) is 0. The van der Waals surface area contributed by atoms with Crippen LogP contribution >= 0.6 is 11.6 Å². The molecule has 118 valence electrons. The topological polar surface area (TPSA) is 46.6 Å². The van der Waals surface area contributed by atoms with Crippen LogP contribution in [0.4, 0.5) is 0 Å². The smallest absolute Gasteiger partial charge is 0.218 e.